The van der Waals surface area contributed by atoms with E-state index in [0.717, 1.165) is 128 Å². The lowest BCUT2D eigenvalue weighted by Crippen LogP contribution is -2.30. The molecular weight excluding hydrogens is 1310 g/mol. The molecule has 19 heteroatoms. The zero-order valence-corrected chi connectivity index (χ0v) is 63.6. The number of aliphatic hydroxyl groups is 1. The van der Waals surface area contributed by atoms with E-state index in [4.69, 9.17) is 37.0 Å². The van der Waals surface area contributed by atoms with Gasteiger partial charge in [-0.05, 0) is 109 Å². The molecule has 0 aliphatic rings. The van der Waals surface area contributed by atoms with Gasteiger partial charge in [0.15, 0.2) is 12.2 Å². The first kappa shape index (κ1) is 94.7. The summed E-state index contributed by atoms with van der Waals surface area (Å²) in [6.07, 6.45) is 83.0. The molecule has 0 aliphatic heterocycles. The smallest absolute Gasteiger partial charge is 0.461 e. The van der Waals surface area contributed by atoms with Crippen molar-refractivity contribution in [2.24, 2.45) is 0 Å². The van der Waals surface area contributed by atoms with Crippen LogP contribution >= 0.6 is 15.6 Å². The summed E-state index contributed by atoms with van der Waals surface area (Å²) >= 11 is 0. The number of aliphatic hydroxyl groups excluding tert-OH is 1. The highest BCUT2D eigenvalue weighted by Gasteiger charge is 2.30. The molecule has 5 atom stereocenters. The van der Waals surface area contributed by atoms with Gasteiger partial charge in [0.1, 0.15) is 19.3 Å². The Balaban J connectivity index is 5.51. The van der Waals surface area contributed by atoms with E-state index in [1.807, 2.05) is 36.5 Å². The van der Waals surface area contributed by atoms with E-state index in [9.17, 15) is 43.2 Å². The van der Waals surface area contributed by atoms with Gasteiger partial charge >= 0.3 is 39.5 Å². The summed E-state index contributed by atoms with van der Waals surface area (Å²) < 4.78 is 68.2. The van der Waals surface area contributed by atoms with E-state index in [-0.39, 0.29) is 25.7 Å². The Morgan fingerprint density at radius 1 is 0.300 bits per heavy atom. The lowest BCUT2D eigenvalue weighted by atomic mass is 10.0. The molecule has 0 spiro atoms. The van der Waals surface area contributed by atoms with Crippen LogP contribution in [-0.2, 0) is 65.4 Å². The second kappa shape index (κ2) is 72.0. The number of phosphoric acid groups is 2. The molecule has 0 aromatic heterocycles. The van der Waals surface area contributed by atoms with Gasteiger partial charge in [0.25, 0.3) is 0 Å². The maximum absolute atomic E-state index is 13.1. The first-order valence-electron chi connectivity index (χ1n) is 37.7. The summed E-state index contributed by atoms with van der Waals surface area (Å²) in [5.74, 6) is -2.50. The van der Waals surface area contributed by atoms with E-state index in [1.54, 1.807) is 12.2 Å². The summed E-state index contributed by atoms with van der Waals surface area (Å²) in [5.41, 5.74) is 0. The number of hydrogen-bond donors (Lipinski definition) is 3. The molecular formula is C81H132O17P2. The van der Waals surface area contributed by atoms with Gasteiger partial charge in [-0.1, -0.05) is 295 Å². The Kier molecular flexibility index (Phi) is 68.2. The molecule has 0 rings (SSSR count). The fraction of sp³-hybridized carbons (Fsp3) is 0.630. The molecule has 0 aromatic rings. The van der Waals surface area contributed by atoms with Crippen LogP contribution in [0.4, 0.5) is 0 Å². The van der Waals surface area contributed by atoms with Crippen molar-refractivity contribution < 1.29 is 80.2 Å². The Bertz CT molecular complexity index is 2520. The second-order valence-electron chi connectivity index (χ2n) is 24.5. The van der Waals surface area contributed by atoms with Crippen LogP contribution in [0.5, 0.6) is 0 Å². The number of phosphoric ester groups is 2. The Hall–Kier alpha value is -5.32. The van der Waals surface area contributed by atoms with Gasteiger partial charge in [0.05, 0.1) is 39.3 Å². The fourth-order valence-electron chi connectivity index (χ4n) is 9.44. The third kappa shape index (κ3) is 71.1. The molecule has 100 heavy (non-hydrogen) atoms. The zero-order valence-electron chi connectivity index (χ0n) is 61.8. The van der Waals surface area contributed by atoms with Crippen molar-refractivity contribution in [2.75, 3.05) is 39.6 Å². The average Bonchev–Trinajstić information content (AvgIpc) is 1.01. The van der Waals surface area contributed by atoms with Crippen LogP contribution in [0.25, 0.3) is 0 Å². The van der Waals surface area contributed by atoms with E-state index in [1.165, 1.54) is 64.2 Å². The molecule has 568 valence electrons. The van der Waals surface area contributed by atoms with Gasteiger partial charge in [-0.15, -0.1) is 0 Å². The first-order chi connectivity index (χ1) is 48.7. The summed E-state index contributed by atoms with van der Waals surface area (Å²) in [7, 11) is -10.0. The molecule has 0 saturated carbocycles. The summed E-state index contributed by atoms with van der Waals surface area (Å²) in [6.45, 7) is 4.27. The molecule has 0 aromatic carbocycles. The Morgan fingerprint density at radius 3 is 0.850 bits per heavy atom. The van der Waals surface area contributed by atoms with Crippen LogP contribution in [0.1, 0.15) is 272 Å². The lowest BCUT2D eigenvalue weighted by Gasteiger charge is -2.21. The number of unbranched alkanes of at least 4 members (excludes halogenated alkanes) is 19. The minimum Gasteiger partial charge on any atom is -0.461 e. The summed E-state index contributed by atoms with van der Waals surface area (Å²) in [4.78, 5) is 72.7. The van der Waals surface area contributed by atoms with Crippen LogP contribution in [0.15, 0.2) is 158 Å². The minimum absolute atomic E-state index is 0.0490. The van der Waals surface area contributed by atoms with Gasteiger partial charge in [-0.2, -0.15) is 0 Å². The fourth-order valence-corrected chi connectivity index (χ4v) is 11.0. The average molecular weight is 1440 g/mol. The van der Waals surface area contributed by atoms with Crippen LogP contribution in [-0.4, -0.2) is 96.7 Å². The van der Waals surface area contributed by atoms with Gasteiger partial charge in [0.2, 0.25) is 0 Å². The lowest BCUT2D eigenvalue weighted by molar-refractivity contribution is -0.161. The largest absolute Gasteiger partial charge is 0.472 e. The number of ether oxygens (including phenoxy) is 4. The van der Waals surface area contributed by atoms with Crippen molar-refractivity contribution in [3.05, 3.63) is 158 Å². The van der Waals surface area contributed by atoms with Crippen molar-refractivity contribution in [1.29, 1.82) is 0 Å². The van der Waals surface area contributed by atoms with E-state index >= 15 is 0 Å². The van der Waals surface area contributed by atoms with Gasteiger partial charge < -0.3 is 33.8 Å². The molecule has 0 aliphatic carbocycles. The molecule has 0 fully saturated rings. The predicted octanol–water partition coefficient (Wildman–Crippen LogP) is 21.7. The molecule has 5 unspecified atom stereocenters. The monoisotopic (exact) mass is 1440 g/mol. The van der Waals surface area contributed by atoms with Crippen LogP contribution in [0, 0.1) is 0 Å². The highest BCUT2D eigenvalue weighted by molar-refractivity contribution is 7.47. The SMILES string of the molecule is CC/C=C\C/C=C\C/C=C\C/C=C\C/C=C\CC(=O)OCC(COP(=O)(O)OCC(O)COP(=O)(O)OCC(COC(=O)C/C=C\C/C=C\C/C=C\C/C=C\C/C=C\CC)OC(=O)CCCCCCCCCCCCCCCCC)OC(=O)CCCCCCC/C=C\C/C=C\C/C=C\CC. The molecule has 0 saturated heterocycles. The van der Waals surface area contributed by atoms with Gasteiger partial charge in [-0.3, -0.25) is 37.3 Å². The predicted molar refractivity (Wildman–Crippen MR) is 408 cm³/mol. The number of allylic oxidation sites excluding steroid dienone is 24. The van der Waals surface area contributed by atoms with Crippen molar-refractivity contribution in [3.8, 4) is 0 Å². The maximum Gasteiger partial charge on any atom is 0.472 e. The quantitative estimate of drug-likeness (QED) is 0.0169. The van der Waals surface area contributed by atoms with Crippen LogP contribution in [0.2, 0.25) is 0 Å². The number of carbonyl (C=O) groups excluding carboxylic acids is 4. The molecule has 0 radical (unpaired) electrons. The molecule has 0 bridgehead atoms. The minimum atomic E-state index is -5.01. The van der Waals surface area contributed by atoms with E-state index in [0.29, 0.717) is 25.7 Å². The Labute approximate surface area is 604 Å². The number of esters is 4. The van der Waals surface area contributed by atoms with Gasteiger partial charge in [0, 0.05) is 12.8 Å². The molecule has 0 heterocycles. The third-order valence-electron chi connectivity index (χ3n) is 15.1. The van der Waals surface area contributed by atoms with Crippen molar-refractivity contribution >= 4 is 39.5 Å². The van der Waals surface area contributed by atoms with Crippen molar-refractivity contribution in [3.63, 3.8) is 0 Å². The highest BCUT2D eigenvalue weighted by Crippen LogP contribution is 2.45. The van der Waals surface area contributed by atoms with E-state index < -0.39 is 97.5 Å². The first-order valence-corrected chi connectivity index (χ1v) is 40.7. The third-order valence-corrected chi connectivity index (χ3v) is 17.0. The van der Waals surface area contributed by atoms with Crippen molar-refractivity contribution in [2.45, 2.75) is 290 Å². The summed E-state index contributed by atoms with van der Waals surface area (Å²) in [6, 6.07) is 0. The topological polar surface area (TPSA) is 237 Å². The standard InChI is InChI=1S/C81H132O17P2/c1-5-9-13-17-21-25-29-33-37-41-45-49-53-57-61-65-78(83)91-71-76(97-80(85)67-63-59-55-51-47-43-39-35-31-27-23-19-15-11-7-3)73-95-99(87,88)93-69-75(82)70-94-100(89,90)96-74-77(98-81(86)68-64-60-56-52-48-44-40-36-32-28-24-20-16-12-8-4)72-92-79(84)66-62-58-54-50-46-42-38-34-30-26-22-18-14-10-6-2/h9-11,13-15,21-23,25-27,33-35,37-39,45-46,49-50,57-58,61-62,75-77,82H,5-8,12,16-20,24,28-32,36,40-44,47-48,51-56,59-60,63-74H2,1-4H3,(H,87,88)(H,89,90)/b13-9-,14-10-,15-11-,25-21-,26-22-,27-23-,37-33-,38-34-,39-35-,49-45-,50-46-,61-57-,62-58-. The second-order valence-corrected chi connectivity index (χ2v) is 27.4. The van der Waals surface area contributed by atoms with Gasteiger partial charge in [-0.25, -0.2) is 9.13 Å². The normalized spacial score (nSPS) is 14.8. The van der Waals surface area contributed by atoms with Crippen LogP contribution in [0.3, 0.4) is 0 Å². The number of carbonyl (C=O) groups is 4. The molecule has 0 amide bonds. The number of rotatable bonds is 69. The van der Waals surface area contributed by atoms with E-state index in [2.05, 4.69) is 137 Å². The highest BCUT2D eigenvalue weighted by atomic mass is 31.2. The molecule has 17 nitrogen and oxygen atoms in total. The zero-order chi connectivity index (χ0) is 73.2. The number of hydrogen-bond acceptors (Lipinski definition) is 15. The van der Waals surface area contributed by atoms with Crippen LogP contribution < -0.4 is 0 Å². The Morgan fingerprint density at radius 2 is 0.550 bits per heavy atom. The summed E-state index contributed by atoms with van der Waals surface area (Å²) in [5, 5.41) is 10.6. The molecule has 3 N–H and O–H groups in total. The maximum atomic E-state index is 13.1. The van der Waals surface area contributed by atoms with Crippen molar-refractivity contribution in [1.82, 2.24) is 0 Å².